The summed E-state index contributed by atoms with van der Waals surface area (Å²) in [5, 5.41) is 6.74. The number of allylic oxidation sites excluding steroid dienone is 1. The lowest BCUT2D eigenvalue weighted by molar-refractivity contribution is -0.143. The van der Waals surface area contributed by atoms with Gasteiger partial charge in [-0.2, -0.15) is 0 Å². The minimum absolute atomic E-state index is 0.187. The van der Waals surface area contributed by atoms with Crippen LogP contribution in [0.1, 0.15) is 32.5 Å². The molecule has 5 heteroatoms. The number of aromatic nitrogens is 1. The molecule has 24 heavy (non-hydrogen) atoms. The maximum Gasteiger partial charge on any atom is 0.338 e. The predicted octanol–water partition coefficient (Wildman–Crippen LogP) is 3.89. The van der Waals surface area contributed by atoms with E-state index in [0.29, 0.717) is 5.57 Å². The highest BCUT2D eigenvalue weighted by Crippen LogP contribution is 2.36. The highest BCUT2D eigenvalue weighted by atomic mass is 16.5. The third-order valence-corrected chi connectivity index (χ3v) is 3.79. The molecule has 0 saturated heterocycles. The van der Waals surface area contributed by atoms with Crippen molar-refractivity contribution in [3.8, 4) is 0 Å². The van der Waals surface area contributed by atoms with Crippen LogP contribution in [-0.4, -0.2) is 17.1 Å². The molecule has 2 heterocycles. The fourth-order valence-corrected chi connectivity index (χ4v) is 2.75. The molecule has 0 bridgehead atoms. The van der Waals surface area contributed by atoms with E-state index in [0.717, 1.165) is 22.8 Å². The summed E-state index contributed by atoms with van der Waals surface area (Å²) < 4.78 is 5.46. The van der Waals surface area contributed by atoms with Gasteiger partial charge in [-0.05, 0) is 45.0 Å². The van der Waals surface area contributed by atoms with E-state index in [9.17, 15) is 4.79 Å². The second-order valence-electron chi connectivity index (χ2n) is 6.00. The SMILES string of the molecule is CC1=C(C(=O)OC(C)C)C(c2ccccn2)Nc2ccccc2N1. The Hall–Kier alpha value is -2.82. The molecule has 1 aromatic carbocycles. The third-order valence-electron chi connectivity index (χ3n) is 3.79. The number of hydrogen-bond acceptors (Lipinski definition) is 5. The van der Waals surface area contributed by atoms with Crippen molar-refractivity contribution in [3.05, 3.63) is 65.6 Å². The monoisotopic (exact) mass is 323 g/mol. The summed E-state index contributed by atoms with van der Waals surface area (Å²) in [6.45, 7) is 5.57. The van der Waals surface area contributed by atoms with Crippen molar-refractivity contribution < 1.29 is 9.53 Å². The summed E-state index contributed by atoms with van der Waals surface area (Å²) in [5.41, 5.74) is 3.90. The number of pyridine rings is 1. The average molecular weight is 323 g/mol. The van der Waals surface area contributed by atoms with Crippen LogP contribution in [0.15, 0.2) is 59.9 Å². The fourth-order valence-electron chi connectivity index (χ4n) is 2.75. The van der Waals surface area contributed by atoms with Gasteiger partial charge in [-0.15, -0.1) is 0 Å². The minimum atomic E-state index is -0.381. The molecule has 0 aliphatic carbocycles. The molecule has 3 rings (SSSR count). The number of ether oxygens (including phenoxy) is 1. The van der Waals surface area contributed by atoms with Crippen LogP contribution in [-0.2, 0) is 9.53 Å². The van der Waals surface area contributed by atoms with Crippen molar-refractivity contribution in [2.45, 2.75) is 32.9 Å². The molecule has 2 N–H and O–H groups in total. The maximum absolute atomic E-state index is 12.7. The second-order valence-corrected chi connectivity index (χ2v) is 6.00. The molecule has 0 radical (unpaired) electrons. The smallest absolute Gasteiger partial charge is 0.338 e. The lowest BCUT2D eigenvalue weighted by Gasteiger charge is -2.21. The number of benzene rings is 1. The summed E-state index contributed by atoms with van der Waals surface area (Å²) in [7, 11) is 0. The van der Waals surface area contributed by atoms with Gasteiger partial charge in [0.15, 0.2) is 0 Å². The first-order chi connectivity index (χ1) is 11.6. The quantitative estimate of drug-likeness (QED) is 0.839. The Morgan fingerprint density at radius 1 is 1.12 bits per heavy atom. The number of nitrogens with one attached hydrogen (secondary N) is 2. The molecule has 1 atom stereocenters. The number of fused-ring (bicyclic) bond motifs is 1. The van der Waals surface area contributed by atoms with Gasteiger partial charge in [0.1, 0.15) is 6.04 Å². The Balaban J connectivity index is 2.09. The van der Waals surface area contributed by atoms with Crippen LogP contribution in [0.25, 0.3) is 0 Å². The molecule has 0 amide bonds. The Kier molecular flexibility index (Phi) is 4.51. The molecule has 1 aliphatic rings. The van der Waals surface area contributed by atoms with E-state index in [2.05, 4.69) is 15.6 Å². The molecule has 1 unspecified atom stereocenters. The van der Waals surface area contributed by atoms with Crippen molar-refractivity contribution in [2.24, 2.45) is 0 Å². The lowest BCUT2D eigenvalue weighted by Crippen LogP contribution is -2.24. The lowest BCUT2D eigenvalue weighted by atomic mass is 10.0. The Morgan fingerprint density at radius 2 is 1.83 bits per heavy atom. The van der Waals surface area contributed by atoms with Gasteiger partial charge < -0.3 is 15.4 Å². The zero-order valence-electron chi connectivity index (χ0n) is 14.0. The summed E-state index contributed by atoms with van der Waals surface area (Å²) in [5.74, 6) is -0.342. The summed E-state index contributed by atoms with van der Waals surface area (Å²) in [4.78, 5) is 17.1. The van der Waals surface area contributed by atoms with E-state index >= 15 is 0 Å². The van der Waals surface area contributed by atoms with Crippen LogP contribution in [0.4, 0.5) is 11.4 Å². The van der Waals surface area contributed by atoms with Gasteiger partial charge in [0.25, 0.3) is 0 Å². The number of nitrogens with zero attached hydrogens (tertiary/aromatic N) is 1. The van der Waals surface area contributed by atoms with Crippen LogP contribution in [0, 0.1) is 0 Å². The van der Waals surface area contributed by atoms with E-state index in [1.54, 1.807) is 6.20 Å². The van der Waals surface area contributed by atoms with Crippen LogP contribution in [0.5, 0.6) is 0 Å². The molecule has 0 fully saturated rings. The molecular formula is C19H21N3O2. The third kappa shape index (κ3) is 3.25. The van der Waals surface area contributed by atoms with E-state index in [1.165, 1.54) is 0 Å². The minimum Gasteiger partial charge on any atom is -0.459 e. The first kappa shape index (κ1) is 16.1. The summed E-state index contributed by atoms with van der Waals surface area (Å²) >= 11 is 0. The van der Waals surface area contributed by atoms with E-state index < -0.39 is 0 Å². The Labute approximate surface area is 141 Å². The van der Waals surface area contributed by atoms with Crippen molar-refractivity contribution in [1.82, 2.24) is 4.98 Å². The van der Waals surface area contributed by atoms with Crippen LogP contribution in [0.2, 0.25) is 0 Å². The molecule has 124 valence electrons. The standard InChI is InChI=1S/C19H21N3O2/c1-12(2)24-19(23)17-13(3)21-14-8-4-5-9-15(14)22-18(17)16-10-6-7-11-20-16/h4-12,18,21-22H,1-3H3. The summed E-state index contributed by atoms with van der Waals surface area (Å²) in [6, 6.07) is 13.1. The number of carbonyl (C=O) groups is 1. The van der Waals surface area contributed by atoms with E-state index in [4.69, 9.17) is 4.74 Å². The molecule has 0 spiro atoms. The van der Waals surface area contributed by atoms with Gasteiger partial charge in [0, 0.05) is 11.9 Å². The highest BCUT2D eigenvalue weighted by Gasteiger charge is 2.30. The largest absolute Gasteiger partial charge is 0.459 e. The number of carbonyl (C=O) groups excluding carboxylic acids is 1. The van der Waals surface area contributed by atoms with Gasteiger partial charge >= 0.3 is 5.97 Å². The molecule has 1 aliphatic heterocycles. The first-order valence-corrected chi connectivity index (χ1v) is 8.01. The molecule has 1 aromatic heterocycles. The zero-order chi connectivity index (χ0) is 17.1. The fraction of sp³-hybridized carbons (Fsp3) is 0.263. The van der Waals surface area contributed by atoms with Crippen molar-refractivity contribution in [3.63, 3.8) is 0 Å². The van der Waals surface area contributed by atoms with E-state index in [1.807, 2.05) is 63.2 Å². The number of rotatable bonds is 3. The average Bonchev–Trinajstić information content (AvgIpc) is 2.70. The topological polar surface area (TPSA) is 63.2 Å². The second kappa shape index (κ2) is 6.74. The molecule has 5 nitrogen and oxygen atoms in total. The molecule has 0 saturated carbocycles. The number of hydrogen-bond donors (Lipinski definition) is 2. The van der Waals surface area contributed by atoms with Gasteiger partial charge in [0.05, 0.1) is 28.7 Å². The number of para-hydroxylation sites is 2. The Morgan fingerprint density at radius 3 is 2.50 bits per heavy atom. The van der Waals surface area contributed by atoms with Crippen LogP contribution in [0.3, 0.4) is 0 Å². The van der Waals surface area contributed by atoms with Gasteiger partial charge in [0.2, 0.25) is 0 Å². The number of esters is 1. The van der Waals surface area contributed by atoms with Gasteiger partial charge in [-0.25, -0.2) is 4.79 Å². The van der Waals surface area contributed by atoms with Crippen molar-refractivity contribution in [1.29, 1.82) is 0 Å². The Bertz CT molecular complexity index is 769. The zero-order valence-corrected chi connectivity index (χ0v) is 14.0. The van der Waals surface area contributed by atoms with Crippen molar-refractivity contribution in [2.75, 3.05) is 10.6 Å². The van der Waals surface area contributed by atoms with Gasteiger partial charge in [-0.1, -0.05) is 18.2 Å². The number of anilines is 2. The summed E-state index contributed by atoms with van der Waals surface area (Å²) in [6.07, 6.45) is 1.54. The van der Waals surface area contributed by atoms with Gasteiger partial charge in [-0.3, -0.25) is 4.98 Å². The predicted molar refractivity (Wildman–Crippen MR) is 94.6 cm³/mol. The van der Waals surface area contributed by atoms with Crippen LogP contribution >= 0.6 is 0 Å². The maximum atomic E-state index is 12.7. The first-order valence-electron chi connectivity index (χ1n) is 8.01. The normalized spacial score (nSPS) is 16.8. The highest BCUT2D eigenvalue weighted by molar-refractivity contribution is 5.94. The van der Waals surface area contributed by atoms with E-state index in [-0.39, 0.29) is 18.1 Å². The molecule has 2 aromatic rings. The molecular weight excluding hydrogens is 302 g/mol. The van der Waals surface area contributed by atoms with Crippen LogP contribution < -0.4 is 10.6 Å². The van der Waals surface area contributed by atoms with Crippen molar-refractivity contribution >= 4 is 17.3 Å².